The van der Waals surface area contributed by atoms with Crippen LogP contribution < -0.4 is 4.90 Å². The first-order chi connectivity index (χ1) is 13.6. The maximum Gasteiger partial charge on any atom is 0.237 e. The SMILES string of the molecule is CN(C(=O)CN1CCN(c2ccccc2F)CC1)[C@@H]1CCCc2ccccc21. The van der Waals surface area contributed by atoms with E-state index in [-0.39, 0.29) is 17.8 Å². The predicted molar refractivity (Wildman–Crippen MR) is 110 cm³/mol. The van der Waals surface area contributed by atoms with Crippen LogP contribution in [0.25, 0.3) is 0 Å². The van der Waals surface area contributed by atoms with Crippen molar-refractivity contribution < 1.29 is 9.18 Å². The van der Waals surface area contributed by atoms with Gasteiger partial charge < -0.3 is 9.80 Å². The Hall–Kier alpha value is -2.40. The van der Waals surface area contributed by atoms with Crippen molar-refractivity contribution >= 4 is 11.6 Å². The number of carbonyl (C=O) groups excluding carboxylic acids is 1. The highest BCUT2D eigenvalue weighted by molar-refractivity contribution is 5.78. The van der Waals surface area contributed by atoms with Gasteiger partial charge in [-0.1, -0.05) is 36.4 Å². The molecular weight excluding hydrogens is 353 g/mol. The number of amides is 1. The minimum atomic E-state index is -0.178. The van der Waals surface area contributed by atoms with Gasteiger partial charge in [-0.05, 0) is 42.5 Å². The highest BCUT2D eigenvalue weighted by Gasteiger charge is 2.28. The lowest BCUT2D eigenvalue weighted by molar-refractivity contribution is -0.133. The second kappa shape index (κ2) is 8.31. The Balaban J connectivity index is 1.34. The summed E-state index contributed by atoms with van der Waals surface area (Å²) >= 11 is 0. The molecule has 4 nitrogen and oxygen atoms in total. The Morgan fingerprint density at radius 3 is 2.57 bits per heavy atom. The summed E-state index contributed by atoms with van der Waals surface area (Å²) < 4.78 is 14.0. The Bertz CT molecular complexity index is 832. The molecule has 148 valence electrons. The molecule has 0 N–H and O–H groups in total. The maximum atomic E-state index is 14.0. The van der Waals surface area contributed by atoms with Gasteiger partial charge in [0.1, 0.15) is 5.82 Å². The summed E-state index contributed by atoms with van der Waals surface area (Å²) in [5, 5.41) is 0. The number of benzene rings is 2. The monoisotopic (exact) mass is 381 g/mol. The molecule has 2 aromatic rings. The fraction of sp³-hybridized carbons (Fsp3) is 0.435. The van der Waals surface area contributed by atoms with E-state index in [2.05, 4.69) is 34.1 Å². The van der Waals surface area contributed by atoms with Crippen LogP contribution in [0.3, 0.4) is 0 Å². The van der Waals surface area contributed by atoms with Gasteiger partial charge in [0.15, 0.2) is 0 Å². The molecule has 0 bridgehead atoms. The van der Waals surface area contributed by atoms with Crippen LogP contribution in [0.5, 0.6) is 0 Å². The van der Waals surface area contributed by atoms with Crippen LogP contribution >= 0.6 is 0 Å². The van der Waals surface area contributed by atoms with Crippen molar-refractivity contribution in [1.29, 1.82) is 0 Å². The normalized spacial score (nSPS) is 19.9. The number of hydrogen-bond acceptors (Lipinski definition) is 3. The van der Waals surface area contributed by atoms with Gasteiger partial charge in [0, 0.05) is 33.2 Å². The summed E-state index contributed by atoms with van der Waals surface area (Å²) in [7, 11) is 1.94. The quantitative estimate of drug-likeness (QED) is 0.811. The first-order valence-corrected chi connectivity index (χ1v) is 10.2. The average Bonchev–Trinajstić information content (AvgIpc) is 2.74. The fourth-order valence-electron chi connectivity index (χ4n) is 4.46. The third-order valence-electron chi connectivity index (χ3n) is 6.12. The topological polar surface area (TPSA) is 26.8 Å². The molecule has 1 aliphatic heterocycles. The summed E-state index contributed by atoms with van der Waals surface area (Å²) in [5.74, 6) is -0.0104. The van der Waals surface area contributed by atoms with Crippen LogP contribution in [-0.4, -0.2) is 55.5 Å². The number of fused-ring (bicyclic) bond motifs is 1. The van der Waals surface area contributed by atoms with Crippen molar-refractivity contribution in [2.75, 3.05) is 44.7 Å². The minimum absolute atomic E-state index is 0.168. The molecule has 1 aliphatic carbocycles. The third kappa shape index (κ3) is 3.90. The van der Waals surface area contributed by atoms with E-state index >= 15 is 0 Å². The number of piperazine rings is 1. The van der Waals surface area contributed by atoms with Gasteiger partial charge in [-0.25, -0.2) is 4.39 Å². The molecule has 0 spiro atoms. The van der Waals surface area contributed by atoms with Crippen molar-refractivity contribution in [3.05, 3.63) is 65.5 Å². The van der Waals surface area contributed by atoms with E-state index in [9.17, 15) is 9.18 Å². The van der Waals surface area contributed by atoms with E-state index in [1.807, 2.05) is 24.1 Å². The Morgan fingerprint density at radius 1 is 1.07 bits per heavy atom. The molecular formula is C23H28FN3O. The van der Waals surface area contributed by atoms with E-state index in [1.165, 1.54) is 17.2 Å². The lowest BCUT2D eigenvalue weighted by Gasteiger charge is -2.38. The van der Waals surface area contributed by atoms with E-state index in [4.69, 9.17) is 0 Å². The number of likely N-dealkylation sites (N-methyl/N-ethyl adjacent to an activating group) is 1. The number of nitrogens with zero attached hydrogens (tertiary/aromatic N) is 3. The molecule has 1 saturated heterocycles. The van der Waals surface area contributed by atoms with E-state index < -0.39 is 0 Å². The molecule has 2 aromatic carbocycles. The lowest BCUT2D eigenvalue weighted by atomic mass is 9.87. The maximum absolute atomic E-state index is 14.0. The van der Waals surface area contributed by atoms with E-state index in [0.717, 1.165) is 45.4 Å². The highest BCUT2D eigenvalue weighted by atomic mass is 19.1. The van der Waals surface area contributed by atoms with Gasteiger partial charge in [0.25, 0.3) is 0 Å². The molecule has 0 aromatic heterocycles. The first kappa shape index (κ1) is 18.9. The number of anilines is 1. The Labute approximate surface area is 166 Å². The van der Waals surface area contributed by atoms with Gasteiger partial charge >= 0.3 is 0 Å². The van der Waals surface area contributed by atoms with E-state index in [1.54, 1.807) is 6.07 Å². The van der Waals surface area contributed by atoms with Crippen molar-refractivity contribution in [3.63, 3.8) is 0 Å². The standard InChI is InChI=1S/C23H28FN3O/c1-25(21-12-6-8-18-7-2-3-9-19(18)21)23(28)17-26-13-15-27(16-14-26)22-11-5-4-10-20(22)24/h2-5,7,9-11,21H,6,8,12-17H2,1H3/t21-/m1/s1. The molecule has 0 unspecified atom stereocenters. The van der Waals surface area contributed by atoms with Crippen LogP contribution in [0.1, 0.15) is 30.0 Å². The van der Waals surface area contributed by atoms with Gasteiger partial charge in [-0.2, -0.15) is 0 Å². The van der Waals surface area contributed by atoms with Crippen LogP contribution in [0.15, 0.2) is 48.5 Å². The van der Waals surface area contributed by atoms with Gasteiger partial charge in [0.05, 0.1) is 18.3 Å². The summed E-state index contributed by atoms with van der Waals surface area (Å²) in [6.07, 6.45) is 3.26. The van der Waals surface area contributed by atoms with Crippen LogP contribution in [0, 0.1) is 5.82 Å². The molecule has 1 heterocycles. The number of carbonyl (C=O) groups is 1. The van der Waals surface area contributed by atoms with Crippen LogP contribution in [0.2, 0.25) is 0 Å². The molecule has 0 radical (unpaired) electrons. The second-order valence-corrected chi connectivity index (χ2v) is 7.83. The van der Waals surface area contributed by atoms with Crippen LogP contribution in [-0.2, 0) is 11.2 Å². The third-order valence-corrected chi connectivity index (χ3v) is 6.12. The number of halogens is 1. The Kier molecular flexibility index (Phi) is 5.62. The molecule has 28 heavy (non-hydrogen) atoms. The molecule has 2 aliphatic rings. The zero-order valence-electron chi connectivity index (χ0n) is 16.5. The van der Waals surface area contributed by atoms with Crippen molar-refractivity contribution in [2.45, 2.75) is 25.3 Å². The minimum Gasteiger partial charge on any atom is -0.367 e. The average molecular weight is 381 g/mol. The zero-order chi connectivity index (χ0) is 19.5. The zero-order valence-corrected chi connectivity index (χ0v) is 16.5. The summed E-state index contributed by atoms with van der Waals surface area (Å²) in [5.41, 5.74) is 3.33. The van der Waals surface area contributed by atoms with Crippen LogP contribution in [0.4, 0.5) is 10.1 Å². The van der Waals surface area contributed by atoms with E-state index in [0.29, 0.717) is 12.2 Å². The highest BCUT2D eigenvalue weighted by Crippen LogP contribution is 2.33. The van der Waals surface area contributed by atoms with Crippen molar-refractivity contribution in [3.8, 4) is 0 Å². The number of para-hydroxylation sites is 1. The fourth-order valence-corrected chi connectivity index (χ4v) is 4.46. The van der Waals surface area contributed by atoms with Gasteiger partial charge in [-0.15, -0.1) is 0 Å². The number of hydrogen-bond donors (Lipinski definition) is 0. The first-order valence-electron chi connectivity index (χ1n) is 10.2. The number of rotatable bonds is 4. The lowest BCUT2D eigenvalue weighted by Crippen LogP contribution is -2.50. The Morgan fingerprint density at radius 2 is 1.79 bits per heavy atom. The summed E-state index contributed by atoms with van der Waals surface area (Å²) in [6.45, 7) is 3.46. The van der Waals surface area contributed by atoms with Crippen molar-refractivity contribution in [1.82, 2.24) is 9.80 Å². The molecule has 0 saturated carbocycles. The van der Waals surface area contributed by atoms with Crippen molar-refractivity contribution in [2.24, 2.45) is 0 Å². The molecule has 1 amide bonds. The molecule has 1 fully saturated rings. The largest absolute Gasteiger partial charge is 0.367 e. The van der Waals surface area contributed by atoms with Gasteiger partial charge in [-0.3, -0.25) is 9.69 Å². The second-order valence-electron chi connectivity index (χ2n) is 7.83. The summed E-state index contributed by atoms with van der Waals surface area (Å²) in [4.78, 5) is 19.1. The summed E-state index contributed by atoms with van der Waals surface area (Å²) in [6, 6.07) is 15.6. The molecule has 5 heteroatoms. The smallest absolute Gasteiger partial charge is 0.237 e. The van der Waals surface area contributed by atoms with Gasteiger partial charge in [0.2, 0.25) is 5.91 Å². The predicted octanol–water partition coefficient (Wildman–Crippen LogP) is 3.48. The number of aryl methyl sites for hydroxylation is 1. The molecule has 1 atom stereocenters. The molecule has 4 rings (SSSR count).